The van der Waals surface area contributed by atoms with E-state index in [9.17, 15) is 4.79 Å². The summed E-state index contributed by atoms with van der Waals surface area (Å²) in [6.45, 7) is 4.26. The van der Waals surface area contributed by atoms with Gasteiger partial charge in [0.25, 0.3) is 0 Å². The molecule has 2 rings (SSSR count). The van der Waals surface area contributed by atoms with E-state index in [1.54, 1.807) is 0 Å². The molecule has 1 saturated heterocycles. The first-order valence-electron chi connectivity index (χ1n) is 5.95. The van der Waals surface area contributed by atoms with E-state index in [-0.39, 0.29) is 5.92 Å². The Morgan fingerprint density at radius 3 is 2.67 bits per heavy atom. The SMILES string of the molecule is O=C(O)[C@@H]1CCC[C@H](N2CCNCC2)C1. The summed E-state index contributed by atoms with van der Waals surface area (Å²) in [5.74, 6) is -0.700. The van der Waals surface area contributed by atoms with Gasteiger partial charge in [-0.3, -0.25) is 9.69 Å². The fourth-order valence-electron chi connectivity index (χ4n) is 2.77. The molecule has 2 atom stereocenters. The third kappa shape index (κ3) is 2.69. The van der Waals surface area contributed by atoms with Gasteiger partial charge in [-0.25, -0.2) is 0 Å². The third-order valence-corrected chi connectivity index (χ3v) is 3.66. The molecule has 2 N–H and O–H groups in total. The Bertz CT molecular complexity index is 227. The van der Waals surface area contributed by atoms with Crippen molar-refractivity contribution < 1.29 is 9.90 Å². The summed E-state index contributed by atoms with van der Waals surface area (Å²) in [7, 11) is 0. The van der Waals surface area contributed by atoms with Crippen molar-refractivity contribution >= 4 is 5.97 Å². The van der Waals surface area contributed by atoms with Gasteiger partial charge >= 0.3 is 5.97 Å². The number of hydrogen-bond donors (Lipinski definition) is 2. The molecule has 0 bridgehead atoms. The van der Waals surface area contributed by atoms with Crippen LogP contribution in [0.1, 0.15) is 25.7 Å². The second-order valence-corrected chi connectivity index (χ2v) is 4.64. The van der Waals surface area contributed by atoms with Crippen molar-refractivity contribution in [3.05, 3.63) is 0 Å². The minimum atomic E-state index is -0.602. The number of nitrogens with one attached hydrogen (secondary N) is 1. The zero-order chi connectivity index (χ0) is 10.7. The summed E-state index contributed by atoms with van der Waals surface area (Å²) in [5.41, 5.74) is 0. The number of nitrogens with zero attached hydrogens (tertiary/aromatic N) is 1. The highest BCUT2D eigenvalue weighted by Crippen LogP contribution is 2.28. The predicted octanol–water partition coefficient (Wildman–Crippen LogP) is 0.535. The minimum Gasteiger partial charge on any atom is -0.481 e. The molecular weight excluding hydrogens is 192 g/mol. The van der Waals surface area contributed by atoms with Gasteiger partial charge in [0.15, 0.2) is 0 Å². The molecular formula is C11H20N2O2. The summed E-state index contributed by atoms with van der Waals surface area (Å²) in [4.78, 5) is 13.4. The molecule has 1 saturated carbocycles. The number of rotatable bonds is 2. The number of piperazine rings is 1. The normalized spacial score (nSPS) is 33.9. The Labute approximate surface area is 90.6 Å². The van der Waals surface area contributed by atoms with E-state index in [2.05, 4.69) is 10.2 Å². The summed E-state index contributed by atoms with van der Waals surface area (Å²) in [6.07, 6.45) is 3.99. The number of carboxylic acid groups (broad SMARTS) is 1. The van der Waals surface area contributed by atoms with Gasteiger partial charge in [-0.05, 0) is 19.3 Å². The van der Waals surface area contributed by atoms with Crippen molar-refractivity contribution in [3.8, 4) is 0 Å². The maximum Gasteiger partial charge on any atom is 0.306 e. The smallest absolute Gasteiger partial charge is 0.306 e. The Morgan fingerprint density at radius 2 is 2.00 bits per heavy atom. The molecule has 0 unspecified atom stereocenters. The summed E-state index contributed by atoms with van der Waals surface area (Å²) < 4.78 is 0. The van der Waals surface area contributed by atoms with Crippen LogP contribution in [0, 0.1) is 5.92 Å². The quantitative estimate of drug-likeness (QED) is 0.701. The first kappa shape index (κ1) is 10.9. The summed E-state index contributed by atoms with van der Waals surface area (Å²) in [5, 5.41) is 12.4. The molecule has 1 aliphatic carbocycles. The zero-order valence-corrected chi connectivity index (χ0v) is 9.11. The first-order chi connectivity index (χ1) is 7.27. The molecule has 1 heterocycles. The molecule has 0 spiro atoms. The second kappa shape index (κ2) is 4.94. The van der Waals surface area contributed by atoms with Gasteiger partial charge in [0.05, 0.1) is 5.92 Å². The van der Waals surface area contributed by atoms with Crippen molar-refractivity contribution in [2.75, 3.05) is 26.2 Å². The molecule has 0 amide bonds. The topological polar surface area (TPSA) is 52.6 Å². The lowest BCUT2D eigenvalue weighted by molar-refractivity contribution is -0.143. The van der Waals surface area contributed by atoms with Crippen LogP contribution in [0.3, 0.4) is 0 Å². The molecule has 4 heteroatoms. The van der Waals surface area contributed by atoms with E-state index < -0.39 is 5.97 Å². The lowest BCUT2D eigenvalue weighted by atomic mass is 9.85. The Hall–Kier alpha value is -0.610. The number of carboxylic acids is 1. The van der Waals surface area contributed by atoms with Crippen LogP contribution >= 0.6 is 0 Å². The van der Waals surface area contributed by atoms with Crippen molar-refractivity contribution in [1.29, 1.82) is 0 Å². The zero-order valence-electron chi connectivity index (χ0n) is 9.11. The Morgan fingerprint density at radius 1 is 1.27 bits per heavy atom. The summed E-state index contributed by atoms with van der Waals surface area (Å²) in [6, 6.07) is 0.516. The molecule has 0 aromatic heterocycles. The van der Waals surface area contributed by atoms with Crippen LogP contribution in [0.5, 0.6) is 0 Å². The lowest BCUT2D eigenvalue weighted by Gasteiger charge is -2.38. The fraction of sp³-hybridized carbons (Fsp3) is 0.909. The van der Waals surface area contributed by atoms with Gasteiger partial charge in [-0.2, -0.15) is 0 Å². The molecule has 1 aliphatic heterocycles. The third-order valence-electron chi connectivity index (χ3n) is 3.66. The van der Waals surface area contributed by atoms with E-state index in [0.717, 1.165) is 45.4 Å². The maximum absolute atomic E-state index is 11.0. The second-order valence-electron chi connectivity index (χ2n) is 4.64. The number of carbonyl (C=O) groups is 1. The number of aliphatic carboxylic acids is 1. The van der Waals surface area contributed by atoms with Gasteiger partial charge in [-0.1, -0.05) is 6.42 Å². The van der Waals surface area contributed by atoms with Crippen LogP contribution in [-0.4, -0.2) is 48.2 Å². The highest BCUT2D eigenvalue weighted by atomic mass is 16.4. The van der Waals surface area contributed by atoms with Crippen LogP contribution < -0.4 is 5.32 Å². The van der Waals surface area contributed by atoms with Crippen LogP contribution in [0.2, 0.25) is 0 Å². The number of hydrogen-bond acceptors (Lipinski definition) is 3. The van der Waals surface area contributed by atoms with Crippen molar-refractivity contribution in [2.45, 2.75) is 31.7 Å². The Kier molecular flexibility index (Phi) is 3.59. The van der Waals surface area contributed by atoms with Gasteiger partial charge in [0.1, 0.15) is 0 Å². The van der Waals surface area contributed by atoms with Gasteiger partial charge in [0, 0.05) is 32.2 Å². The highest BCUT2D eigenvalue weighted by molar-refractivity contribution is 5.70. The average Bonchev–Trinajstić information content (AvgIpc) is 2.30. The fourth-order valence-corrected chi connectivity index (χ4v) is 2.77. The van der Waals surface area contributed by atoms with Gasteiger partial charge in [-0.15, -0.1) is 0 Å². The van der Waals surface area contributed by atoms with Crippen molar-refractivity contribution in [2.24, 2.45) is 5.92 Å². The van der Waals surface area contributed by atoms with E-state index in [1.165, 1.54) is 6.42 Å². The summed E-state index contributed by atoms with van der Waals surface area (Å²) >= 11 is 0. The van der Waals surface area contributed by atoms with Crippen molar-refractivity contribution in [3.63, 3.8) is 0 Å². The molecule has 4 nitrogen and oxygen atoms in total. The van der Waals surface area contributed by atoms with Gasteiger partial charge in [0.2, 0.25) is 0 Å². The monoisotopic (exact) mass is 212 g/mol. The van der Waals surface area contributed by atoms with Crippen LogP contribution in [-0.2, 0) is 4.79 Å². The standard InChI is InChI=1S/C11H20N2O2/c14-11(15)9-2-1-3-10(8-9)13-6-4-12-5-7-13/h9-10,12H,1-8H2,(H,14,15)/t9-,10+/m1/s1. The average molecular weight is 212 g/mol. The molecule has 0 radical (unpaired) electrons. The molecule has 0 aromatic carbocycles. The molecule has 0 aromatic rings. The molecule has 2 fully saturated rings. The van der Waals surface area contributed by atoms with Gasteiger partial charge < -0.3 is 10.4 Å². The lowest BCUT2D eigenvalue weighted by Crippen LogP contribution is -2.50. The van der Waals surface area contributed by atoms with Crippen LogP contribution in [0.25, 0.3) is 0 Å². The largest absolute Gasteiger partial charge is 0.481 e. The van der Waals surface area contributed by atoms with E-state index in [4.69, 9.17) is 5.11 Å². The van der Waals surface area contributed by atoms with Crippen molar-refractivity contribution in [1.82, 2.24) is 10.2 Å². The van der Waals surface area contributed by atoms with E-state index in [1.807, 2.05) is 0 Å². The van der Waals surface area contributed by atoms with E-state index >= 15 is 0 Å². The highest BCUT2D eigenvalue weighted by Gasteiger charge is 2.30. The maximum atomic E-state index is 11.0. The molecule has 86 valence electrons. The Balaban J connectivity index is 1.88. The first-order valence-corrected chi connectivity index (χ1v) is 5.95. The molecule has 2 aliphatic rings. The minimum absolute atomic E-state index is 0.0985. The predicted molar refractivity (Wildman–Crippen MR) is 57.8 cm³/mol. The van der Waals surface area contributed by atoms with Crippen LogP contribution in [0.4, 0.5) is 0 Å². The van der Waals surface area contributed by atoms with Crippen LogP contribution in [0.15, 0.2) is 0 Å². The van der Waals surface area contributed by atoms with E-state index in [0.29, 0.717) is 6.04 Å². The molecule has 15 heavy (non-hydrogen) atoms.